The molecule has 3 aromatic rings. The van der Waals surface area contributed by atoms with Gasteiger partial charge < -0.3 is 10.1 Å². The molecule has 30 heavy (non-hydrogen) atoms. The molecule has 0 atom stereocenters. The zero-order valence-corrected chi connectivity index (χ0v) is 18.9. The summed E-state index contributed by atoms with van der Waals surface area (Å²) < 4.78 is 5.43. The number of ether oxygens (including phenoxy) is 1. The van der Waals surface area contributed by atoms with Gasteiger partial charge in [-0.2, -0.15) is 0 Å². The second-order valence-electron chi connectivity index (χ2n) is 7.69. The predicted octanol–water partition coefficient (Wildman–Crippen LogP) is 4.40. The van der Waals surface area contributed by atoms with Crippen LogP contribution in [0.5, 0.6) is 0 Å². The van der Waals surface area contributed by atoms with Gasteiger partial charge >= 0.3 is 0 Å². The van der Waals surface area contributed by atoms with E-state index in [0.29, 0.717) is 11.0 Å². The number of morpholine rings is 1. The standard InChI is InChI=1S/C22H26N4O2S2/c1-15(2)19-14-30-22(24-19)25-20(27)11-18-13-29-21(23-18)17-5-3-4-16(10-17)12-26-6-8-28-9-7-26/h3-5,10,13-15H,6-9,11-12H2,1-2H3,(H,24,25,27). The molecule has 1 fully saturated rings. The summed E-state index contributed by atoms with van der Waals surface area (Å²) in [6.07, 6.45) is 0.251. The lowest BCUT2D eigenvalue weighted by Crippen LogP contribution is -2.35. The second-order valence-corrected chi connectivity index (χ2v) is 9.41. The Morgan fingerprint density at radius 1 is 1.20 bits per heavy atom. The van der Waals surface area contributed by atoms with E-state index < -0.39 is 0 Å². The fraction of sp³-hybridized carbons (Fsp3) is 0.409. The summed E-state index contributed by atoms with van der Waals surface area (Å²) in [6.45, 7) is 8.65. The average molecular weight is 443 g/mol. The Kier molecular flexibility index (Phi) is 6.89. The van der Waals surface area contributed by atoms with E-state index in [4.69, 9.17) is 9.72 Å². The van der Waals surface area contributed by atoms with Crippen LogP contribution in [0, 0.1) is 0 Å². The highest BCUT2D eigenvalue weighted by Gasteiger charge is 2.14. The molecule has 1 aliphatic rings. The Balaban J connectivity index is 1.37. The number of anilines is 1. The van der Waals surface area contributed by atoms with Crippen LogP contribution < -0.4 is 5.32 Å². The first-order chi connectivity index (χ1) is 14.6. The SMILES string of the molecule is CC(C)c1csc(NC(=O)Cc2csc(-c3cccc(CN4CCOCC4)c3)n2)n1. The second kappa shape index (κ2) is 9.78. The summed E-state index contributed by atoms with van der Waals surface area (Å²) in [5.41, 5.74) is 4.16. The van der Waals surface area contributed by atoms with Gasteiger partial charge in [0.2, 0.25) is 5.91 Å². The highest BCUT2D eigenvalue weighted by Crippen LogP contribution is 2.26. The first-order valence-corrected chi connectivity index (χ1v) is 11.9. The Morgan fingerprint density at radius 2 is 2.03 bits per heavy atom. The lowest BCUT2D eigenvalue weighted by Gasteiger charge is -2.26. The molecule has 1 amide bonds. The molecule has 158 valence electrons. The van der Waals surface area contributed by atoms with Crippen LogP contribution in [0.3, 0.4) is 0 Å². The average Bonchev–Trinajstić information content (AvgIpc) is 3.39. The summed E-state index contributed by atoms with van der Waals surface area (Å²) in [5.74, 6) is 0.268. The number of hydrogen-bond acceptors (Lipinski definition) is 7. The van der Waals surface area contributed by atoms with Gasteiger partial charge in [-0.1, -0.05) is 32.0 Å². The van der Waals surface area contributed by atoms with Crippen LogP contribution in [0.2, 0.25) is 0 Å². The molecule has 0 unspecified atom stereocenters. The van der Waals surface area contributed by atoms with Crippen molar-refractivity contribution in [2.24, 2.45) is 0 Å². The van der Waals surface area contributed by atoms with Gasteiger partial charge in [0.1, 0.15) is 5.01 Å². The summed E-state index contributed by atoms with van der Waals surface area (Å²) >= 11 is 3.04. The number of carbonyl (C=O) groups excluding carboxylic acids is 1. The minimum Gasteiger partial charge on any atom is -0.379 e. The molecule has 0 saturated carbocycles. The highest BCUT2D eigenvalue weighted by atomic mass is 32.1. The molecule has 0 bridgehead atoms. The molecule has 1 N–H and O–H groups in total. The third kappa shape index (κ3) is 5.51. The summed E-state index contributed by atoms with van der Waals surface area (Å²) in [5, 5.41) is 8.43. The van der Waals surface area contributed by atoms with E-state index in [0.717, 1.165) is 54.8 Å². The van der Waals surface area contributed by atoms with Crippen molar-refractivity contribution in [2.75, 3.05) is 31.6 Å². The zero-order valence-electron chi connectivity index (χ0n) is 17.3. The van der Waals surface area contributed by atoms with Gasteiger partial charge in [-0.25, -0.2) is 9.97 Å². The molecule has 0 spiro atoms. The van der Waals surface area contributed by atoms with E-state index in [1.807, 2.05) is 10.8 Å². The molecule has 1 aromatic carbocycles. The first kappa shape index (κ1) is 21.1. The molecule has 3 heterocycles. The number of aromatic nitrogens is 2. The molecule has 0 radical (unpaired) electrons. The molecule has 2 aromatic heterocycles. The molecular formula is C22H26N4O2S2. The van der Waals surface area contributed by atoms with Crippen molar-refractivity contribution in [3.8, 4) is 10.6 Å². The van der Waals surface area contributed by atoms with E-state index in [-0.39, 0.29) is 12.3 Å². The topological polar surface area (TPSA) is 67.4 Å². The van der Waals surface area contributed by atoms with Crippen LogP contribution >= 0.6 is 22.7 Å². The van der Waals surface area contributed by atoms with Crippen molar-refractivity contribution < 1.29 is 9.53 Å². The molecular weight excluding hydrogens is 416 g/mol. The molecule has 8 heteroatoms. The number of amides is 1. The fourth-order valence-corrected chi connectivity index (χ4v) is 4.98. The number of nitrogens with zero attached hydrogens (tertiary/aromatic N) is 3. The maximum Gasteiger partial charge on any atom is 0.232 e. The monoisotopic (exact) mass is 442 g/mol. The quantitative estimate of drug-likeness (QED) is 0.587. The Bertz CT molecular complexity index is 992. The number of benzene rings is 1. The molecule has 0 aliphatic carbocycles. The summed E-state index contributed by atoms with van der Waals surface area (Å²) in [4.78, 5) is 23.9. The van der Waals surface area contributed by atoms with Crippen molar-refractivity contribution in [3.05, 3.63) is 52.0 Å². The minimum atomic E-state index is -0.0856. The Morgan fingerprint density at radius 3 is 2.80 bits per heavy atom. The number of hydrogen-bond donors (Lipinski definition) is 1. The van der Waals surface area contributed by atoms with Crippen LogP contribution in [-0.4, -0.2) is 47.1 Å². The van der Waals surface area contributed by atoms with Crippen LogP contribution in [0.25, 0.3) is 10.6 Å². The van der Waals surface area contributed by atoms with Crippen molar-refractivity contribution in [1.29, 1.82) is 0 Å². The number of carbonyl (C=O) groups is 1. The van der Waals surface area contributed by atoms with Gasteiger partial charge in [0.15, 0.2) is 5.13 Å². The Labute approximate surface area is 184 Å². The van der Waals surface area contributed by atoms with Crippen LogP contribution in [0.15, 0.2) is 35.0 Å². The zero-order chi connectivity index (χ0) is 20.9. The van der Waals surface area contributed by atoms with Gasteiger partial charge in [-0.05, 0) is 17.5 Å². The maximum atomic E-state index is 12.4. The fourth-order valence-electron chi connectivity index (χ4n) is 3.28. The summed E-state index contributed by atoms with van der Waals surface area (Å²) in [7, 11) is 0. The van der Waals surface area contributed by atoms with E-state index in [1.165, 1.54) is 16.9 Å². The Hall–Kier alpha value is -2.13. The van der Waals surface area contributed by atoms with Crippen molar-refractivity contribution in [1.82, 2.24) is 14.9 Å². The smallest absolute Gasteiger partial charge is 0.232 e. The van der Waals surface area contributed by atoms with Gasteiger partial charge in [-0.3, -0.25) is 9.69 Å². The van der Waals surface area contributed by atoms with Gasteiger partial charge in [-0.15, -0.1) is 22.7 Å². The van der Waals surface area contributed by atoms with Gasteiger partial charge in [0, 0.05) is 36.0 Å². The van der Waals surface area contributed by atoms with Crippen LogP contribution in [0.1, 0.15) is 36.7 Å². The van der Waals surface area contributed by atoms with Gasteiger partial charge in [0.25, 0.3) is 0 Å². The van der Waals surface area contributed by atoms with E-state index in [1.54, 1.807) is 11.3 Å². The largest absolute Gasteiger partial charge is 0.379 e. The van der Waals surface area contributed by atoms with Crippen LogP contribution in [-0.2, 0) is 22.5 Å². The highest BCUT2D eigenvalue weighted by molar-refractivity contribution is 7.14. The minimum absolute atomic E-state index is 0.0856. The third-order valence-corrected chi connectivity index (χ3v) is 6.65. The third-order valence-electron chi connectivity index (χ3n) is 4.94. The van der Waals surface area contributed by atoms with E-state index >= 15 is 0 Å². The normalized spacial score (nSPS) is 14.9. The lowest BCUT2D eigenvalue weighted by molar-refractivity contribution is -0.115. The predicted molar refractivity (Wildman–Crippen MR) is 122 cm³/mol. The first-order valence-electron chi connectivity index (χ1n) is 10.2. The summed E-state index contributed by atoms with van der Waals surface area (Å²) in [6, 6.07) is 8.50. The van der Waals surface area contributed by atoms with Crippen molar-refractivity contribution >= 4 is 33.7 Å². The maximum absolute atomic E-state index is 12.4. The van der Waals surface area contributed by atoms with Crippen molar-refractivity contribution in [3.63, 3.8) is 0 Å². The molecule has 1 saturated heterocycles. The van der Waals surface area contributed by atoms with Crippen molar-refractivity contribution in [2.45, 2.75) is 32.7 Å². The number of rotatable bonds is 7. The van der Waals surface area contributed by atoms with E-state index in [9.17, 15) is 4.79 Å². The molecule has 6 nitrogen and oxygen atoms in total. The van der Waals surface area contributed by atoms with Crippen LogP contribution in [0.4, 0.5) is 5.13 Å². The molecule has 1 aliphatic heterocycles. The lowest BCUT2D eigenvalue weighted by atomic mass is 10.1. The van der Waals surface area contributed by atoms with Gasteiger partial charge in [0.05, 0.1) is 31.0 Å². The van der Waals surface area contributed by atoms with E-state index in [2.05, 4.69) is 53.3 Å². The number of thiazole rings is 2. The molecule has 4 rings (SSSR count). The number of nitrogens with one attached hydrogen (secondary N) is 1.